The Morgan fingerprint density at radius 3 is 1.74 bits per heavy atom. The number of para-hydroxylation sites is 3. The van der Waals surface area contributed by atoms with Crippen molar-refractivity contribution in [2.75, 3.05) is 4.90 Å². The monoisotopic (exact) mass is 754 g/mol. The van der Waals surface area contributed by atoms with Crippen LogP contribution in [0.5, 0.6) is 23.0 Å². The molecular formula is C53H47BN2O2. The van der Waals surface area contributed by atoms with E-state index in [0.29, 0.717) is 0 Å². The second-order valence-corrected chi connectivity index (χ2v) is 19.0. The molecule has 0 bridgehead atoms. The fourth-order valence-electron chi connectivity index (χ4n) is 9.92. The summed E-state index contributed by atoms with van der Waals surface area (Å²) in [5, 5.41) is 2.45. The Hall–Kier alpha value is -6.20. The van der Waals surface area contributed by atoms with E-state index in [2.05, 4.69) is 204 Å². The highest BCUT2D eigenvalue weighted by Crippen LogP contribution is 2.56. The quantitative estimate of drug-likeness (QED) is 0.164. The molecule has 3 aliphatic rings. The molecule has 284 valence electrons. The van der Waals surface area contributed by atoms with Crippen LogP contribution >= 0.6 is 0 Å². The van der Waals surface area contributed by atoms with Crippen molar-refractivity contribution in [3.05, 3.63) is 162 Å². The van der Waals surface area contributed by atoms with Crippen molar-refractivity contribution in [2.45, 2.75) is 71.6 Å². The summed E-state index contributed by atoms with van der Waals surface area (Å²) in [5.41, 5.74) is 15.2. The van der Waals surface area contributed by atoms with Gasteiger partial charge in [-0.05, 0) is 86.5 Å². The summed E-state index contributed by atoms with van der Waals surface area (Å²) < 4.78 is 16.5. The minimum absolute atomic E-state index is 0.0129. The molecule has 0 fully saturated rings. The SMILES string of the molecule is CC(C)(C)c1ccc2c(c1)B1c3cc(C(C)(C)C)ccc3Oc3cc(N4c5ccccc5C(C)(C)c5ccc6c(c54)c4ccccc4n6-c4ccccc4)cc(c31)O2. The molecule has 5 heteroatoms. The first-order valence-electron chi connectivity index (χ1n) is 20.6. The lowest BCUT2D eigenvalue weighted by Crippen LogP contribution is -2.57. The summed E-state index contributed by atoms with van der Waals surface area (Å²) in [6.07, 6.45) is 0. The molecule has 0 saturated heterocycles. The third kappa shape index (κ3) is 4.95. The van der Waals surface area contributed by atoms with Gasteiger partial charge >= 0.3 is 0 Å². The second-order valence-electron chi connectivity index (χ2n) is 19.0. The van der Waals surface area contributed by atoms with E-state index in [4.69, 9.17) is 9.47 Å². The first kappa shape index (κ1) is 35.0. The van der Waals surface area contributed by atoms with Crippen molar-refractivity contribution in [3.8, 4) is 28.7 Å². The van der Waals surface area contributed by atoms with Gasteiger partial charge in [-0.15, -0.1) is 0 Å². The minimum atomic E-state index is -0.263. The summed E-state index contributed by atoms with van der Waals surface area (Å²) in [4.78, 5) is 2.48. The lowest BCUT2D eigenvalue weighted by atomic mass is 9.34. The molecule has 7 aromatic carbocycles. The average molecular weight is 755 g/mol. The van der Waals surface area contributed by atoms with Gasteiger partial charge < -0.3 is 18.9 Å². The fourth-order valence-corrected chi connectivity index (χ4v) is 9.92. The van der Waals surface area contributed by atoms with Gasteiger partial charge in [-0.3, -0.25) is 0 Å². The Kier molecular flexibility index (Phi) is 7.20. The standard InChI is InChI=1S/C53H47BN2O2/c1-51(2,3)32-22-26-44-39(28-32)54-40-29-33(52(4,5)6)23-27-45(40)58-47-31-35(30-46(57-44)49(47)54)56-42-21-15-13-19-37(42)53(7,8)38-24-25-43-48(50(38)56)36-18-12-14-20-41(36)55(43)34-16-10-9-11-17-34/h9-31H,1-8H3. The molecule has 0 aliphatic carbocycles. The smallest absolute Gasteiger partial charge is 0.260 e. The highest BCUT2D eigenvalue weighted by molar-refractivity contribution is 6.98. The molecule has 1 aromatic heterocycles. The summed E-state index contributed by atoms with van der Waals surface area (Å²) in [5.74, 6) is 3.47. The van der Waals surface area contributed by atoms with E-state index in [9.17, 15) is 0 Å². The number of aromatic nitrogens is 1. The molecule has 0 N–H and O–H groups in total. The molecule has 0 amide bonds. The summed E-state index contributed by atoms with van der Waals surface area (Å²) >= 11 is 0. The molecule has 3 aliphatic heterocycles. The number of fused-ring (bicyclic) bond motifs is 10. The van der Waals surface area contributed by atoms with Gasteiger partial charge in [0.2, 0.25) is 0 Å². The van der Waals surface area contributed by atoms with Crippen LogP contribution in [0.25, 0.3) is 27.5 Å². The molecule has 11 rings (SSSR count). The number of anilines is 3. The molecule has 58 heavy (non-hydrogen) atoms. The third-order valence-electron chi connectivity index (χ3n) is 13.0. The lowest BCUT2D eigenvalue weighted by molar-refractivity contribution is 0.464. The van der Waals surface area contributed by atoms with Crippen molar-refractivity contribution in [2.24, 2.45) is 0 Å². The van der Waals surface area contributed by atoms with Gasteiger partial charge in [0.05, 0.1) is 28.1 Å². The van der Waals surface area contributed by atoms with Crippen molar-refractivity contribution >= 4 is 62.0 Å². The predicted octanol–water partition coefficient (Wildman–Crippen LogP) is 12.2. The van der Waals surface area contributed by atoms with Crippen LogP contribution in [0.2, 0.25) is 0 Å². The number of hydrogen-bond acceptors (Lipinski definition) is 3. The van der Waals surface area contributed by atoms with E-state index in [1.165, 1.54) is 60.7 Å². The van der Waals surface area contributed by atoms with E-state index in [0.717, 1.165) is 45.5 Å². The Labute approximate surface area is 341 Å². The number of hydrogen-bond donors (Lipinski definition) is 0. The van der Waals surface area contributed by atoms with Crippen LogP contribution in [0, 0.1) is 0 Å². The van der Waals surface area contributed by atoms with Crippen LogP contribution in [0.1, 0.15) is 77.6 Å². The van der Waals surface area contributed by atoms with Gasteiger partial charge in [0.1, 0.15) is 23.0 Å². The zero-order valence-electron chi connectivity index (χ0n) is 34.6. The number of benzene rings is 7. The summed E-state index contributed by atoms with van der Waals surface area (Å²) in [6.45, 7) is 18.4. The first-order chi connectivity index (χ1) is 27.8. The molecule has 0 radical (unpaired) electrons. The second kappa shape index (κ2) is 11.9. The van der Waals surface area contributed by atoms with Crippen LogP contribution < -0.4 is 30.8 Å². The molecular weight excluding hydrogens is 707 g/mol. The Morgan fingerprint density at radius 2 is 1.10 bits per heavy atom. The van der Waals surface area contributed by atoms with Gasteiger partial charge in [0.15, 0.2) is 0 Å². The normalized spacial score (nSPS) is 14.9. The lowest BCUT2D eigenvalue weighted by Gasteiger charge is -2.43. The molecule has 0 spiro atoms. The maximum atomic E-state index is 7.06. The van der Waals surface area contributed by atoms with Crippen molar-refractivity contribution in [1.82, 2.24) is 4.57 Å². The topological polar surface area (TPSA) is 26.6 Å². The highest BCUT2D eigenvalue weighted by Gasteiger charge is 2.44. The van der Waals surface area contributed by atoms with Crippen LogP contribution in [-0.2, 0) is 16.2 Å². The molecule has 0 atom stereocenters. The Balaban J connectivity index is 1.20. The van der Waals surface area contributed by atoms with E-state index >= 15 is 0 Å². The van der Waals surface area contributed by atoms with Crippen LogP contribution in [-0.4, -0.2) is 11.3 Å². The largest absolute Gasteiger partial charge is 0.458 e. The molecule has 4 heterocycles. The van der Waals surface area contributed by atoms with E-state index in [1.54, 1.807) is 0 Å². The van der Waals surface area contributed by atoms with Gasteiger partial charge in [0.25, 0.3) is 6.71 Å². The molecule has 0 saturated carbocycles. The van der Waals surface area contributed by atoms with E-state index in [1.807, 2.05) is 0 Å². The minimum Gasteiger partial charge on any atom is -0.458 e. The van der Waals surface area contributed by atoms with E-state index in [-0.39, 0.29) is 23.0 Å². The molecule has 8 aromatic rings. The fraction of sp³-hybridized carbons (Fsp3) is 0.208. The number of rotatable bonds is 2. The van der Waals surface area contributed by atoms with Gasteiger partial charge in [-0.25, -0.2) is 0 Å². The summed E-state index contributed by atoms with van der Waals surface area (Å²) in [7, 11) is 0. The maximum Gasteiger partial charge on any atom is 0.260 e. The van der Waals surface area contributed by atoms with Crippen molar-refractivity contribution in [3.63, 3.8) is 0 Å². The zero-order chi connectivity index (χ0) is 39.9. The van der Waals surface area contributed by atoms with Gasteiger partial charge in [-0.2, -0.15) is 0 Å². The van der Waals surface area contributed by atoms with Crippen molar-refractivity contribution in [1.29, 1.82) is 0 Å². The van der Waals surface area contributed by atoms with Crippen LogP contribution in [0.4, 0.5) is 17.1 Å². The maximum absolute atomic E-state index is 7.06. The van der Waals surface area contributed by atoms with E-state index < -0.39 is 0 Å². The predicted molar refractivity (Wildman–Crippen MR) is 243 cm³/mol. The summed E-state index contributed by atoms with van der Waals surface area (Å²) in [6, 6.07) is 51.3. The molecule has 0 unspecified atom stereocenters. The first-order valence-corrected chi connectivity index (χ1v) is 20.6. The molecule has 4 nitrogen and oxygen atoms in total. The van der Waals surface area contributed by atoms with Crippen molar-refractivity contribution < 1.29 is 9.47 Å². The number of ether oxygens (including phenoxy) is 2. The zero-order valence-corrected chi connectivity index (χ0v) is 34.6. The van der Waals surface area contributed by atoms with Crippen LogP contribution in [0.15, 0.2) is 140 Å². The van der Waals surface area contributed by atoms with Gasteiger partial charge in [0, 0.05) is 39.5 Å². The van der Waals surface area contributed by atoms with Crippen LogP contribution in [0.3, 0.4) is 0 Å². The Bertz CT molecular complexity index is 2930. The highest BCUT2D eigenvalue weighted by atomic mass is 16.5. The average Bonchev–Trinajstić information content (AvgIpc) is 3.55. The Morgan fingerprint density at radius 1 is 0.517 bits per heavy atom. The van der Waals surface area contributed by atoms with Gasteiger partial charge in [-0.1, -0.05) is 140 Å². The third-order valence-corrected chi connectivity index (χ3v) is 13.0. The number of nitrogens with zero attached hydrogens (tertiary/aromatic N) is 2.